The van der Waals surface area contributed by atoms with Crippen molar-refractivity contribution in [3.05, 3.63) is 51.7 Å². The molecule has 3 rings (SSSR count). The van der Waals surface area contributed by atoms with Crippen molar-refractivity contribution >= 4 is 11.3 Å². The summed E-state index contributed by atoms with van der Waals surface area (Å²) < 4.78 is 50.9. The lowest BCUT2D eigenvalue weighted by Gasteiger charge is -2.34. The zero-order valence-electron chi connectivity index (χ0n) is 12.9. The maximum absolute atomic E-state index is 13.2. The minimum atomic E-state index is -4.38. The molecule has 3 nitrogen and oxygen atoms in total. The second-order valence-corrected chi connectivity index (χ2v) is 6.75. The fourth-order valence-electron chi connectivity index (χ4n) is 2.70. The predicted molar refractivity (Wildman–Crippen MR) is 84.1 cm³/mol. The second-order valence-electron chi connectivity index (χ2n) is 5.81. The number of nitrogens with zero attached hydrogens (tertiary/aromatic N) is 3. The molecule has 2 heterocycles. The van der Waals surface area contributed by atoms with Gasteiger partial charge in [0.2, 0.25) is 0 Å². The molecular formula is C16H17F4N3S. The van der Waals surface area contributed by atoms with Crippen molar-refractivity contribution in [2.24, 2.45) is 0 Å². The lowest BCUT2D eigenvalue weighted by molar-refractivity contribution is -0.140. The number of rotatable bonds is 4. The fourth-order valence-corrected chi connectivity index (χ4v) is 3.55. The highest BCUT2D eigenvalue weighted by atomic mass is 32.1. The minimum Gasteiger partial charge on any atom is -0.297 e. The maximum atomic E-state index is 13.2. The number of hydrogen-bond donors (Lipinski definition) is 0. The van der Waals surface area contributed by atoms with Crippen LogP contribution >= 0.6 is 11.3 Å². The van der Waals surface area contributed by atoms with Crippen LogP contribution in [0, 0.1) is 5.82 Å². The van der Waals surface area contributed by atoms with E-state index in [1.165, 1.54) is 12.1 Å². The largest absolute Gasteiger partial charge is 0.434 e. The zero-order chi connectivity index (χ0) is 17.2. The number of piperazine rings is 1. The van der Waals surface area contributed by atoms with Crippen molar-refractivity contribution in [1.29, 1.82) is 0 Å². The van der Waals surface area contributed by atoms with Crippen molar-refractivity contribution in [1.82, 2.24) is 14.8 Å². The Labute approximate surface area is 141 Å². The predicted octanol–water partition coefficient (Wildman–Crippen LogP) is 3.62. The van der Waals surface area contributed by atoms with Gasteiger partial charge in [0.25, 0.3) is 0 Å². The Kier molecular flexibility index (Phi) is 5.17. The molecule has 0 radical (unpaired) electrons. The van der Waals surface area contributed by atoms with Crippen molar-refractivity contribution in [2.45, 2.75) is 19.3 Å². The molecule has 1 aliphatic rings. The van der Waals surface area contributed by atoms with E-state index in [-0.39, 0.29) is 5.82 Å². The molecular weight excluding hydrogens is 342 g/mol. The van der Waals surface area contributed by atoms with Gasteiger partial charge in [-0.3, -0.25) is 9.80 Å². The molecule has 1 saturated heterocycles. The Bertz CT molecular complexity index is 678. The quantitative estimate of drug-likeness (QED) is 0.778. The summed E-state index contributed by atoms with van der Waals surface area (Å²) in [5, 5.41) is 1.55. The highest BCUT2D eigenvalue weighted by Gasteiger charge is 2.33. The van der Waals surface area contributed by atoms with E-state index >= 15 is 0 Å². The van der Waals surface area contributed by atoms with Crippen LogP contribution in [0.25, 0.3) is 0 Å². The Balaban J connectivity index is 1.49. The monoisotopic (exact) mass is 359 g/mol. The van der Waals surface area contributed by atoms with Gasteiger partial charge in [-0.25, -0.2) is 9.37 Å². The molecule has 0 N–H and O–H groups in total. The van der Waals surface area contributed by atoms with E-state index in [1.807, 2.05) is 6.07 Å². The van der Waals surface area contributed by atoms with Crippen LogP contribution in [0.15, 0.2) is 29.6 Å². The van der Waals surface area contributed by atoms with Gasteiger partial charge in [-0.2, -0.15) is 13.2 Å². The van der Waals surface area contributed by atoms with E-state index in [0.29, 0.717) is 18.1 Å². The van der Waals surface area contributed by atoms with Gasteiger partial charge in [0.05, 0.1) is 6.54 Å². The molecule has 0 amide bonds. The minimum absolute atomic E-state index is 0.240. The van der Waals surface area contributed by atoms with Crippen LogP contribution in [0.5, 0.6) is 0 Å². The number of alkyl halides is 3. The smallest absolute Gasteiger partial charge is 0.297 e. The highest BCUT2D eigenvalue weighted by Crippen LogP contribution is 2.30. The summed E-state index contributed by atoms with van der Waals surface area (Å²) in [7, 11) is 0. The molecule has 1 aromatic carbocycles. The molecule has 8 heteroatoms. The lowest BCUT2D eigenvalue weighted by Crippen LogP contribution is -2.45. The van der Waals surface area contributed by atoms with Gasteiger partial charge in [0, 0.05) is 38.1 Å². The summed E-state index contributed by atoms with van der Waals surface area (Å²) in [5.41, 5.74) is 0.116. The van der Waals surface area contributed by atoms with Gasteiger partial charge in [-0.05, 0) is 17.7 Å². The molecule has 0 aliphatic carbocycles. The topological polar surface area (TPSA) is 19.4 Å². The van der Waals surface area contributed by atoms with Crippen molar-refractivity contribution < 1.29 is 17.6 Å². The summed E-state index contributed by atoms with van der Waals surface area (Å²) in [4.78, 5) is 7.98. The third-order valence-electron chi connectivity index (χ3n) is 3.96. The zero-order valence-corrected chi connectivity index (χ0v) is 13.7. The number of thiazole rings is 1. The first-order chi connectivity index (χ1) is 11.4. The normalized spacial score (nSPS) is 17.3. The summed E-state index contributed by atoms with van der Waals surface area (Å²) in [6, 6.07) is 6.54. The fraction of sp³-hybridized carbons (Fsp3) is 0.438. The van der Waals surface area contributed by atoms with Gasteiger partial charge in [0.1, 0.15) is 10.8 Å². The molecule has 2 aromatic rings. The van der Waals surface area contributed by atoms with Crippen LogP contribution < -0.4 is 0 Å². The molecule has 0 atom stereocenters. The van der Waals surface area contributed by atoms with Crippen molar-refractivity contribution in [2.75, 3.05) is 26.2 Å². The Morgan fingerprint density at radius 2 is 1.71 bits per heavy atom. The number of aromatic nitrogens is 1. The molecule has 1 aromatic heterocycles. The molecule has 130 valence electrons. The molecule has 0 saturated carbocycles. The van der Waals surface area contributed by atoms with E-state index in [0.717, 1.165) is 48.5 Å². The van der Waals surface area contributed by atoms with E-state index in [2.05, 4.69) is 14.8 Å². The molecule has 0 unspecified atom stereocenters. The first-order valence-electron chi connectivity index (χ1n) is 7.61. The van der Waals surface area contributed by atoms with E-state index in [1.54, 1.807) is 6.07 Å². The second kappa shape index (κ2) is 7.16. The standard InChI is InChI=1S/C16H17F4N3S/c17-13-3-1-2-12(8-13)9-22-4-6-23(7-5-22)10-15-21-14(11-24-15)16(18,19)20/h1-3,8,11H,4-7,9-10H2. The van der Waals surface area contributed by atoms with Crippen molar-refractivity contribution in [3.8, 4) is 0 Å². The first kappa shape index (κ1) is 17.3. The van der Waals surface area contributed by atoms with Crippen LogP contribution in [0.4, 0.5) is 17.6 Å². The molecule has 0 spiro atoms. The van der Waals surface area contributed by atoms with Gasteiger partial charge in [0.15, 0.2) is 5.69 Å². The number of halogens is 4. The van der Waals surface area contributed by atoms with Gasteiger partial charge in [-0.15, -0.1) is 11.3 Å². The van der Waals surface area contributed by atoms with Gasteiger partial charge >= 0.3 is 6.18 Å². The number of benzene rings is 1. The third kappa shape index (κ3) is 4.52. The highest BCUT2D eigenvalue weighted by molar-refractivity contribution is 7.09. The van der Waals surface area contributed by atoms with E-state index in [4.69, 9.17) is 0 Å². The summed E-state index contributed by atoms with van der Waals surface area (Å²) in [6.45, 7) is 4.24. The maximum Gasteiger partial charge on any atom is 0.434 e. The Morgan fingerprint density at radius 1 is 1.04 bits per heavy atom. The summed E-state index contributed by atoms with van der Waals surface area (Å²) >= 11 is 1.05. The summed E-state index contributed by atoms with van der Waals surface area (Å²) in [5.74, 6) is -0.240. The third-order valence-corrected chi connectivity index (χ3v) is 4.79. The molecule has 1 fully saturated rings. The average Bonchev–Trinajstić information content (AvgIpc) is 2.98. The van der Waals surface area contributed by atoms with E-state index < -0.39 is 11.9 Å². The summed E-state index contributed by atoms with van der Waals surface area (Å²) in [6.07, 6.45) is -4.38. The Hall–Kier alpha value is -1.51. The average molecular weight is 359 g/mol. The van der Waals surface area contributed by atoms with Gasteiger partial charge < -0.3 is 0 Å². The SMILES string of the molecule is Fc1cccc(CN2CCN(Cc3nc(C(F)(F)F)cs3)CC2)c1. The molecule has 0 bridgehead atoms. The Morgan fingerprint density at radius 3 is 2.29 bits per heavy atom. The van der Waals surface area contributed by atoms with Crippen molar-refractivity contribution in [3.63, 3.8) is 0 Å². The van der Waals surface area contributed by atoms with Crippen LogP contribution in [-0.4, -0.2) is 41.0 Å². The van der Waals surface area contributed by atoms with Crippen LogP contribution in [0.3, 0.4) is 0 Å². The lowest BCUT2D eigenvalue weighted by atomic mass is 10.2. The van der Waals surface area contributed by atoms with Gasteiger partial charge in [-0.1, -0.05) is 12.1 Å². The van der Waals surface area contributed by atoms with Crippen LogP contribution in [0.1, 0.15) is 16.3 Å². The van der Waals surface area contributed by atoms with Crippen LogP contribution in [0.2, 0.25) is 0 Å². The van der Waals surface area contributed by atoms with Crippen LogP contribution in [-0.2, 0) is 19.3 Å². The van der Waals surface area contributed by atoms with E-state index in [9.17, 15) is 17.6 Å². The molecule has 1 aliphatic heterocycles. The molecule has 24 heavy (non-hydrogen) atoms. The first-order valence-corrected chi connectivity index (χ1v) is 8.49. The number of hydrogen-bond acceptors (Lipinski definition) is 4.